The summed E-state index contributed by atoms with van der Waals surface area (Å²) in [6.07, 6.45) is 2.99. The molecule has 0 saturated carbocycles. The molecule has 1 aromatic heterocycles. The van der Waals surface area contributed by atoms with E-state index in [1.807, 2.05) is 12.1 Å². The van der Waals surface area contributed by atoms with Crippen molar-refractivity contribution in [2.24, 2.45) is 5.84 Å². The fourth-order valence-electron chi connectivity index (χ4n) is 1.49. The number of anilines is 1. The minimum Gasteiger partial charge on any atom is -0.496 e. The highest BCUT2D eigenvalue weighted by molar-refractivity contribution is 7.80. The quantitative estimate of drug-likeness (QED) is 0.440. The van der Waals surface area contributed by atoms with E-state index in [0.29, 0.717) is 16.6 Å². The van der Waals surface area contributed by atoms with Crippen molar-refractivity contribution >= 4 is 23.0 Å². The molecule has 0 amide bonds. The van der Waals surface area contributed by atoms with Crippen LogP contribution in [0.2, 0.25) is 0 Å². The van der Waals surface area contributed by atoms with Crippen LogP contribution in [0.3, 0.4) is 0 Å². The minimum atomic E-state index is 0.324. The molecule has 0 aliphatic rings. The predicted molar refractivity (Wildman–Crippen MR) is 72.0 cm³/mol. The Balaban J connectivity index is 2.32. The van der Waals surface area contributed by atoms with Crippen molar-refractivity contribution in [3.63, 3.8) is 0 Å². The number of nitrogens with two attached hydrogens (primary N) is 1. The Morgan fingerprint density at radius 2 is 2.33 bits per heavy atom. The Kier molecular flexibility index (Phi) is 3.75. The first kappa shape index (κ1) is 12.3. The average Bonchev–Trinajstić information content (AvgIpc) is 2.92. The lowest BCUT2D eigenvalue weighted by Crippen LogP contribution is -2.34. The third-order valence-corrected chi connectivity index (χ3v) is 2.51. The minimum absolute atomic E-state index is 0.324. The van der Waals surface area contributed by atoms with Gasteiger partial charge in [0.1, 0.15) is 5.75 Å². The van der Waals surface area contributed by atoms with E-state index in [0.717, 1.165) is 11.3 Å². The Morgan fingerprint density at radius 3 is 2.94 bits per heavy atom. The van der Waals surface area contributed by atoms with Crippen LogP contribution in [0.1, 0.15) is 0 Å². The summed E-state index contributed by atoms with van der Waals surface area (Å²) in [4.78, 5) is 3.87. The lowest BCUT2D eigenvalue weighted by Gasteiger charge is -2.10. The van der Waals surface area contributed by atoms with Crippen molar-refractivity contribution in [3.05, 3.63) is 30.8 Å². The maximum atomic E-state index is 5.30. The van der Waals surface area contributed by atoms with Crippen molar-refractivity contribution in [2.75, 3.05) is 12.4 Å². The highest BCUT2D eigenvalue weighted by Gasteiger charge is 2.10. The van der Waals surface area contributed by atoms with Gasteiger partial charge >= 0.3 is 0 Å². The highest BCUT2D eigenvalue weighted by Crippen LogP contribution is 2.32. The van der Waals surface area contributed by atoms with E-state index < -0.39 is 0 Å². The number of nitrogens with one attached hydrogen (secondary N) is 2. The second-order valence-electron chi connectivity index (χ2n) is 3.38. The van der Waals surface area contributed by atoms with Gasteiger partial charge in [-0.25, -0.2) is 10.8 Å². The van der Waals surface area contributed by atoms with Crippen LogP contribution in [0.4, 0.5) is 5.69 Å². The standard InChI is InChI=1S/C11H12N4O2S/c1-16-9-4-7(14-11(18)15-12)2-3-8(9)10-5-13-6-17-10/h2-6H,12H2,1H3,(H2,14,15,18). The molecule has 0 aliphatic heterocycles. The van der Waals surface area contributed by atoms with E-state index in [9.17, 15) is 0 Å². The number of hydrogen-bond acceptors (Lipinski definition) is 5. The Labute approximate surface area is 109 Å². The summed E-state index contributed by atoms with van der Waals surface area (Å²) in [5, 5.41) is 3.23. The van der Waals surface area contributed by atoms with Crippen molar-refractivity contribution in [3.8, 4) is 17.1 Å². The van der Waals surface area contributed by atoms with E-state index in [1.54, 1.807) is 19.4 Å². The molecule has 0 radical (unpaired) electrons. The summed E-state index contributed by atoms with van der Waals surface area (Å²) in [7, 11) is 1.58. The first-order valence-corrected chi connectivity index (χ1v) is 5.50. The molecule has 0 fully saturated rings. The molecule has 6 nitrogen and oxygen atoms in total. The van der Waals surface area contributed by atoms with E-state index in [-0.39, 0.29) is 0 Å². The van der Waals surface area contributed by atoms with Gasteiger partial charge in [0.15, 0.2) is 17.3 Å². The number of rotatable bonds is 3. The second-order valence-corrected chi connectivity index (χ2v) is 3.79. The van der Waals surface area contributed by atoms with Crippen molar-refractivity contribution in [1.82, 2.24) is 10.4 Å². The van der Waals surface area contributed by atoms with Gasteiger partial charge < -0.3 is 19.9 Å². The molecule has 4 N–H and O–H groups in total. The van der Waals surface area contributed by atoms with Gasteiger partial charge in [0.25, 0.3) is 0 Å². The molecule has 0 aliphatic carbocycles. The van der Waals surface area contributed by atoms with Gasteiger partial charge in [-0.15, -0.1) is 0 Å². The normalized spacial score (nSPS) is 9.89. The number of nitrogens with zero attached hydrogens (tertiary/aromatic N) is 1. The van der Waals surface area contributed by atoms with Gasteiger partial charge in [-0.1, -0.05) is 0 Å². The fraction of sp³-hybridized carbons (Fsp3) is 0.0909. The van der Waals surface area contributed by atoms with Crippen LogP contribution in [-0.4, -0.2) is 17.2 Å². The third-order valence-electron chi connectivity index (χ3n) is 2.29. The van der Waals surface area contributed by atoms with Gasteiger partial charge in [0.05, 0.1) is 18.9 Å². The molecule has 0 unspecified atom stereocenters. The van der Waals surface area contributed by atoms with Crippen LogP contribution in [-0.2, 0) is 0 Å². The molecular formula is C11H12N4O2S. The zero-order valence-electron chi connectivity index (χ0n) is 9.64. The lowest BCUT2D eigenvalue weighted by atomic mass is 10.1. The number of methoxy groups -OCH3 is 1. The molecule has 0 saturated heterocycles. The van der Waals surface area contributed by atoms with E-state index in [4.69, 9.17) is 27.2 Å². The van der Waals surface area contributed by atoms with Crippen LogP contribution in [0.25, 0.3) is 11.3 Å². The molecule has 2 rings (SSSR count). The number of hydrogen-bond donors (Lipinski definition) is 3. The summed E-state index contributed by atoms with van der Waals surface area (Å²) in [6.45, 7) is 0. The number of aromatic nitrogens is 1. The molecule has 7 heteroatoms. The van der Waals surface area contributed by atoms with Gasteiger partial charge in [0, 0.05) is 11.8 Å². The number of ether oxygens (including phenoxy) is 1. The van der Waals surface area contributed by atoms with Crippen molar-refractivity contribution in [1.29, 1.82) is 0 Å². The van der Waals surface area contributed by atoms with Gasteiger partial charge in [-0.2, -0.15) is 0 Å². The summed E-state index contributed by atoms with van der Waals surface area (Å²) in [5.41, 5.74) is 3.92. The summed E-state index contributed by atoms with van der Waals surface area (Å²) in [5.74, 6) is 6.48. The molecule has 1 aromatic carbocycles. The number of oxazole rings is 1. The van der Waals surface area contributed by atoms with Gasteiger partial charge in [-0.05, 0) is 24.4 Å². The average molecular weight is 264 g/mol. The van der Waals surface area contributed by atoms with Crippen LogP contribution in [0.5, 0.6) is 5.75 Å². The first-order chi connectivity index (χ1) is 8.74. The Bertz CT molecular complexity index is 542. The van der Waals surface area contributed by atoms with Crippen LogP contribution < -0.4 is 21.3 Å². The number of benzene rings is 1. The molecular weight excluding hydrogens is 252 g/mol. The topological polar surface area (TPSA) is 85.3 Å². The summed E-state index contributed by atoms with van der Waals surface area (Å²) < 4.78 is 10.5. The predicted octanol–water partition coefficient (Wildman–Crippen LogP) is 1.51. The SMILES string of the molecule is COc1cc(NC(=S)NN)ccc1-c1cnco1. The maximum Gasteiger partial charge on any atom is 0.185 e. The molecule has 18 heavy (non-hydrogen) atoms. The molecule has 2 aromatic rings. The first-order valence-electron chi connectivity index (χ1n) is 5.09. The monoisotopic (exact) mass is 264 g/mol. The van der Waals surface area contributed by atoms with E-state index in [2.05, 4.69) is 15.7 Å². The molecule has 0 spiro atoms. The van der Waals surface area contributed by atoms with E-state index in [1.165, 1.54) is 6.39 Å². The van der Waals surface area contributed by atoms with E-state index >= 15 is 0 Å². The Hall–Kier alpha value is -2.12. The smallest absolute Gasteiger partial charge is 0.185 e. The summed E-state index contributed by atoms with van der Waals surface area (Å²) in [6, 6.07) is 5.48. The van der Waals surface area contributed by atoms with Crippen molar-refractivity contribution < 1.29 is 9.15 Å². The largest absolute Gasteiger partial charge is 0.496 e. The van der Waals surface area contributed by atoms with Crippen LogP contribution >= 0.6 is 12.2 Å². The Morgan fingerprint density at radius 1 is 1.50 bits per heavy atom. The maximum absolute atomic E-state index is 5.30. The summed E-state index contributed by atoms with van der Waals surface area (Å²) >= 11 is 4.91. The van der Waals surface area contributed by atoms with Gasteiger partial charge in [-0.3, -0.25) is 0 Å². The third kappa shape index (κ3) is 2.58. The lowest BCUT2D eigenvalue weighted by molar-refractivity contribution is 0.415. The molecule has 0 bridgehead atoms. The zero-order chi connectivity index (χ0) is 13.0. The highest BCUT2D eigenvalue weighted by atomic mass is 32.1. The molecule has 94 valence electrons. The second kappa shape index (κ2) is 5.48. The molecule has 0 atom stereocenters. The number of thiocarbonyl (C=S) groups is 1. The van der Waals surface area contributed by atoms with Crippen molar-refractivity contribution in [2.45, 2.75) is 0 Å². The number of hydrazine groups is 1. The van der Waals surface area contributed by atoms with Gasteiger partial charge in [0.2, 0.25) is 0 Å². The van der Waals surface area contributed by atoms with Crippen LogP contribution in [0, 0.1) is 0 Å². The molecule has 1 heterocycles. The zero-order valence-corrected chi connectivity index (χ0v) is 10.5. The fourth-order valence-corrected chi connectivity index (χ4v) is 1.61. The van der Waals surface area contributed by atoms with Crippen LogP contribution in [0.15, 0.2) is 35.2 Å².